The van der Waals surface area contributed by atoms with Gasteiger partial charge in [0.1, 0.15) is 5.92 Å². The molecule has 0 amide bonds. The molecule has 1 aromatic carbocycles. The second-order valence-electron chi connectivity index (χ2n) is 6.82. The molecule has 0 radical (unpaired) electrons. The van der Waals surface area contributed by atoms with Crippen LogP contribution in [0.25, 0.3) is 0 Å². The van der Waals surface area contributed by atoms with E-state index in [0.717, 1.165) is 36.0 Å². The van der Waals surface area contributed by atoms with Gasteiger partial charge in [-0.05, 0) is 67.9 Å². The maximum atomic E-state index is 12.8. The Hall–Kier alpha value is -1.15. The van der Waals surface area contributed by atoms with E-state index < -0.39 is 5.92 Å². The van der Waals surface area contributed by atoms with Crippen LogP contribution in [0.3, 0.4) is 0 Å². The Labute approximate surface area is 130 Å². The topological polar surface area (TPSA) is 34.1 Å². The highest BCUT2D eigenvalue weighted by Gasteiger charge is 2.51. The van der Waals surface area contributed by atoms with Crippen LogP contribution in [0.5, 0.6) is 0 Å². The van der Waals surface area contributed by atoms with Crippen LogP contribution in [0.2, 0.25) is 5.02 Å². The Morgan fingerprint density at radius 2 is 1.57 bits per heavy atom. The molecule has 2 aliphatic carbocycles. The standard InChI is InChI=1S/C18H21ClO2/c1-9-4-5-13-14(6-9)18(21)16(17(13)20)15-10(2)7-12(19)8-11(15)3/h7-9,13-14,16H,4-6H2,1-3H3. The van der Waals surface area contributed by atoms with Crippen molar-refractivity contribution in [1.82, 2.24) is 0 Å². The quantitative estimate of drug-likeness (QED) is 0.727. The van der Waals surface area contributed by atoms with Crippen molar-refractivity contribution in [1.29, 1.82) is 0 Å². The van der Waals surface area contributed by atoms with Gasteiger partial charge in [0.05, 0.1) is 0 Å². The van der Waals surface area contributed by atoms with E-state index in [0.29, 0.717) is 10.9 Å². The van der Waals surface area contributed by atoms with Gasteiger partial charge in [-0.3, -0.25) is 9.59 Å². The number of ketones is 2. The normalized spacial score (nSPS) is 32.4. The number of hydrogen-bond donors (Lipinski definition) is 0. The first-order valence-corrected chi connectivity index (χ1v) is 8.12. The lowest BCUT2D eigenvalue weighted by atomic mass is 9.76. The summed E-state index contributed by atoms with van der Waals surface area (Å²) in [5.74, 6) is 0.182. The summed E-state index contributed by atoms with van der Waals surface area (Å²) in [7, 11) is 0. The number of rotatable bonds is 1. The van der Waals surface area contributed by atoms with Crippen molar-refractivity contribution in [2.75, 3.05) is 0 Å². The highest BCUT2D eigenvalue weighted by atomic mass is 35.5. The van der Waals surface area contributed by atoms with Crippen LogP contribution >= 0.6 is 11.6 Å². The highest BCUT2D eigenvalue weighted by molar-refractivity contribution is 6.30. The van der Waals surface area contributed by atoms with Crippen molar-refractivity contribution in [3.05, 3.63) is 33.8 Å². The van der Waals surface area contributed by atoms with E-state index in [-0.39, 0.29) is 23.4 Å². The smallest absolute Gasteiger partial charge is 0.151 e. The molecule has 21 heavy (non-hydrogen) atoms. The van der Waals surface area contributed by atoms with E-state index in [4.69, 9.17) is 11.6 Å². The molecular formula is C18H21ClO2. The van der Waals surface area contributed by atoms with E-state index in [1.807, 2.05) is 26.0 Å². The number of benzene rings is 1. The number of aryl methyl sites for hydroxylation is 2. The Bertz CT molecular complexity index is 597. The molecule has 0 spiro atoms. The third-order valence-corrected chi connectivity index (χ3v) is 5.48. The molecule has 2 fully saturated rings. The molecule has 0 heterocycles. The average Bonchev–Trinajstić information content (AvgIpc) is 2.62. The molecule has 4 unspecified atom stereocenters. The zero-order valence-electron chi connectivity index (χ0n) is 12.8. The van der Waals surface area contributed by atoms with E-state index in [2.05, 4.69) is 6.92 Å². The average molecular weight is 305 g/mol. The molecule has 4 atom stereocenters. The molecule has 0 aliphatic heterocycles. The second kappa shape index (κ2) is 5.24. The maximum absolute atomic E-state index is 12.8. The molecule has 0 N–H and O–H groups in total. The Morgan fingerprint density at radius 3 is 2.19 bits per heavy atom. The van der Waals surface area contributed by atoms with Gasteiger partial charge in [0.15, 0.2) is 11.6 Å². The minimum absolute atomic E-state index is 0.0480. The number of hydrogen-bond acceptors (Lipinski definition) is 2. The van der Waals surface area contributed by atoms with Crippen LogP contribution in [0, 0.1) is 31.6 Å². The molecule has 0 saturated heterocycles. The van der Waals surface area contributed by atoms with Gasteiger partial charge in [-0.25, -0.2) is 0 Å². The van der Waals surface area contributed by atoms with Crippen LogP contribution in [0.1, 0.15) is 48.8 Å². The van der Waals surface area contributed by atoms with Crippen molar-refractivity contribution in [2.45, 2.75) is 46.0 Å². The van der Waals surface area contributed by atoms with Gasteiger partial charge in [0.25, 0.3) is 0 Å². The van der Waals surface area contributed by atoms with Crippen LogP contribution in [-0.4, -0.2) is 11.6 Å². The fourth-order valence-electron chi connectivity index (χ4n) is 4.27. The summed E-state index contributed by atoms with van der Waals surface area (Å²) in [6.45, 7) is 6.07. The molecule has 0 bridgehead atoms. The molecule has 112 valence electrons. The van der Waals surface area contributed by atoms with Gasteiger partial charge < -0.3 is 0 Å². The second-order valence-corrected chi connectivity index (χ2v) is 7.26. The first-order valence-electron chi connectivity index (χ1n) is 7.74. The largest absolute Gasteiger partial charge is 0.298 e. The minimum Gasteiger partial charge on any atom is -0.298 e. The Kier molecular flexibility index (Phi) is 3.69. The summed E-state index contributed by atoms with van der Waals surface area (Å²) in [5.41, 5.74) is 2.81. The monoisotopic (exact) mass is 304 g/mol. The van der Waals surface area contributed by atoms with Crippen molar-refractivity contribution in [3.8, 4) is 0 Å². The fraction of sp³-hybridized carbons (Fsp3) is 0.556. The van der Waals surface area contributed by atoms with Gasteiger partial charge in [0.2, 0.25) is 0 Å². The summed E-state index contributed by atoms with van der Waals surface area (Å²) in [6.07, 6.45) is 2.81. The van der Waals surface area contributed by atoms with Crippen LogP contribution in [0.4, 0.5) is 0 Å². The van der Waals surface area contributed by atoms with Crippen molar-refractivity contribution >= 4 is 23.2 Å². The molecule has 1 aromatic rings. The Morgan fingerprint density at radius 1 is 1.00 bits per heavy atom. The summed E-state index contributed by atoms with van der Waals surface area (Å²) in [5, 5.41) is 0.665. The number of carbonyl (C=O) groups excluding carboxylic acids is 2. The minimum atomic E-state index is -0.553. The fourth-order valence-corrected chi connectivity index (χ4v) is 4.59. The highest BCUT2D eigenvalue weighted by Crippen LogP contribution is 2.47. The van der Waals surface area contributed by atoms with Gasteiger partial charge in [-0.15, -0.1) is 0 Å². The number of fused-ring (bicyclic) bond motifs is 1. The molecule has 0 aromatic heterocycles. The Balaban J connectivity index is 2.04. The number of Topliss-reactive ketones (excluding diaryl/α,β-unsaturated/α-hetero) is 2. The van der Waals surface area contributed by atoms with E-state index in [1.54, 1.807) is 0 Å². The maximum Gasteiger partial charge on any atom is 0.151 e. The first-order chi connectivity index (χ1) is 9.90. The predicted molar refractivity (Wildman–Crippen MR) is 83.7 cm³/mol. The lowest BCUT2D eigenvalue weighted by Gasteiger charge is -2.27. The van der Waals surface area contributed by atoms with Crippen LogP contribution in [0.15, 0.2) is 12.1 Å². The van der Waals surface area contributed by atoms with Gasteiger partial charge in [-0.2, -0.15) is 0 Å². The molecule has 3 heteroatoms. The summed E-state index contributed by atoms with van der Waals surface area (Å²) >= 11 is 6.07. The zero-order chi connectivity index (χ0) is 15.3. The molecular weight excluding hydrogens is 284 g/mol. The van der Waals surface area contributed by atoms with Gasteiger partial charge in [-0.1, -0.05) is 18.5 Å². The molecule has 2 saturated carbocycles. The van der Waals surface area contributed by atoms with Crippen molar-refractivity contribution in [3.63, 3.8) is 0 Å². The zero-order valence-corrected chi connectivity index (χ0v) is 13.5. The molecule has 3 rings (SSSR count). The van der Waals surface area contributed by atoms with Gasteiger partial charge in [0, 0.05) is 16.9 Å². The molecule has 2 nitrogen and oxygen atoms in total. The lowest BCUT2D eigenvalue weighted by Crippen LogP contribution is -2.25. The first kappa shape index (κ1) is 14.8. The number of carbonyl (C=O) groups is 2. The van der Waals surface area contributed by atoms with Crippen LogP contribution < -0.4 is 0 Å². The van der Waals surface area contributed by atoms with Crippen molar-refractivity contribution < 1.29 is 9.59 Å². The number of halogens is 1. The molecule has 2 aliphatic rings. The summed E-state index contributed by atoms with van der Waals surface area (Å²) in [4.78, 5) is 25.6. The lowest BCUT2D eigenvalue weighted by molar-refractivity contribution is -0.125. The SMILES string of the molecule is Cc1cc(Cl)cc(C)c1C1C(=O)C2CCC(C)CC2C1=O. The third-order valence-electron chi connectivity index (χ3n) is 5.26. The van der Waals surface area contributed by atoms with E-state index >= 15 is 0 Å². The van der Waals surface area contributed by atoms with E-state index in [1.165, 1.54) is 0 Å². The third kappa shape index (κ3) is 2.34. The van der Waals surface area contributed by atoms with Crippen molar-refractivity contribution in [2.24, 2.45) is 17.8 Å². The summed E-state index contributed by atoms with van der Waals surface area (Å²) < 4.78 is 0. The van der Waals surface area contributed by atoms with Gasteiger partial charge >= 0.3 is 0 Å². The predicted octanol–water partition coefficient (Wildman–Crippen LogP) is 4.24. The van der Waals surface area contributed by atoms with Crippen LogP contribution in [-0.2, 0) is 9.59 Å². The summed E-state index contributed by atoms with van der Waals surface area (Å²) in [6, 6.07) is 3.71. The van der Waals surface area contributed by atoms with E-state index in [9.17, 15) is 9.59 Å².